The van der Waals surface area contributed by atoms with Gasteiger partial charge in [0.05, 0.1) is 16.6 Å². The zero-order chi connectivity index (χ0) is 40.0. The van der Waals surface area contributed by atoms with E-state index in [9.17, 15) is 0 Å². The summed E-state index contributed by atoms with van der Waals surface area (Å²) in [6, 6.07) is 68.0. The molecule has 0 radical (unpaired) electrons. The molecule has 5 nitrogen and oxygen atoms in total. The Bertz CT molecular complexity index is 3860. The first kappa shape index (κ1) is 33.7. The molecule has 3 heterocycles. The zero-order valence-electron chi connectivity index (χ0n) is 32.7. The highest BCUT2D eigenvalue weighted by atomic mass is 16.3. The minimum absolute atomic E-state index is 0.631. The lowest BCUT2D eigenvalue weighted by atomic mass is 9.91. The second-order valence-corrected chi connectivity index (χ2v) is 15.7. The lowest BCUT2D eigenvalue weighted by Gasteiger charge is -2.15. The first-order valence-corrected chi connectivity index (χ1v) is 20.5. The van der Waals surface area contributed by atoms with Crippen LogP contribution in [-0.4, -0.2) is 19.9 Å². The first-order valence-electron chi connectivity index (χ1n) is 20.5. The number of nitrogens with zero attached hydrogens (tertiary/aromatic N) is 4. The van der Waals surface area contributed by atoms with Gasteiger partial charge in [0.1, 0.15) is 11.2 Å². The Kier molecular flexibility index (Phi) is 7.24. The molecule has 0 unspecified atom stereocenters. The average molecular weight is 777 g/mol. The molecule has 0 aliphatic rings. The Hall–Kier alpha value is -8.28. The number of hydrogen-bond donors (Lipinski definition) is 0. The Balaban J connectivity index is 0.963. The van der Waals surface area contributed by atoms with Gasteiger partial charge < -0.3 is 4.42 Å². The normalized spacial score (nSPS) is 11.9. The number of aromatic nitrogens is 4. The molecule has 5 heteroatoms. The zero-order valence-corrected chi connectivity index (χ0v) is 32.7. The standard InChI is InChI=1S/C56H32N4O/c1-2-11-38(12-3-1)54-58-55(60-56(59-54)44-30-28-36-24-23-34-13-10-14-35-27-29-42(44)50(36)49(34)35)43-32-31-39(40-15-4-5-16-41(40)43)33-21-25-37(26-22-33)52-51-46-18-7-9-20-48(46)61-53(51)45-17-6-8-19-47(45)57-52/h1-32H. The summed E-state index contributed by atoms with van der Waals surface area (Å²) >= 11 is 0. The maximum absolute atomic E-state index is 6.47. The lowest BCUT2D eigenvalue weighted by Crippen LogP contribution is -2.01. The predicted molar refractivity (Wildman–Crippen MR) is 251 cm³/mol. The van der Waals surface area contributed by atoms with Crippen molar-refractivity contribution in [2.75, 3.05) is 0 Å². The molecule has 0 atom stereocenters. The molecule has 0 amide bonds. The molecule has 0 N–H and O–H groups in total. The predicted octanol–water partition coefficient (Wildman–Crippen LogP) is 14.7. The summed E-state index contributed by atoms with van der Waals surface area (Å²) in [7, 11) is 0. The third-order valence-electron chi connectivity index (χ3n) is 12.3. The monoisotopic (exact) mass is 776 g/mol. The van der Waals surface area contributed by atoms with Gasteiger partial charge in [0, 0.05) is 33.0 Å². The highest BCUT2D eigenvalue weighted by Gasteiger charge is 2.21. The van der Waals surface area contributed by atoms with Gasteiger partial charge in [-0.25, -0.2) is 19.9 Å². The third-order valence-corrected chi connectivity index (χ3v) is 12.3. The van der Waals surface area contributed by atoms with E-state index >= 15 is 0 Å². The van der Waals surface area contributed by atoms with Crippen molar-refractivity contribution in [2.45, 2.75) is 0 Å². The van der Waals surface area contributed by atoms with Crippen LogP contribution in [0.1, 0.15) is 0 Å². The molecular weight excluding hydrogens is 745 g/mol. The lowest BCUT2D eigenvalue weighted by molar-refractivity contribution is 0.672. The number of benzene rings is 10. The number of rotatable bonds is 5. The van der Waals surface area contributed by atoms with Crippen molar-refractivity contribution in [1.82, 2.24) is 19.9 Å². The molecule has 282 valence electrons. The van der Waals surface area contributed by atoms with E-state index in [1.54, 1.807) is 0 Å². The summed E-state index contributed by atoms with van der Waals surface area (Å²) in [6.45, 7) is 0. The van der Waals surface area contributed by atoms with Crippen LogP contribution in [0.3, 0.4) is 0 Å². The van der Waals surface area contributed by atoms with Gasteiger partial charge in [-0.3, -0.25) is 0 Å². The molecule has 0 bridgehead atoms. The number of fused-ring (bicyclic) bond motifs is 6. The van der Waals surface area contributed by atoms with Crippen LogP contribution in [0.4, 0.5) is 0 Å². The third kappa shape index (κ3) is 5.21. The van der Waals surface area contributed by atoms with E-state index in [0.717, 1.165) is 88.1 Å². The van der Waals surface area contributed by atoms with Gasteiger partial charge in [-0.05, 0) is 84.5 Å². The fourth-order valence-corrected chi connectivity index (χ4v) is 9.44. The summed E-state index contributed by atoms with van der Waals surface area (Å²) in [5.41, 5.74) is 9.67. The molecule has 61 heavy (non-hydrogen) atoms. The molecule has 0 aliphatic heterocycles. The van der Waals surface area contributed by atoms with Crippen LogP contribution in [-0.2, 0) is 0 Å². The van der Waals surface area contributed by atoms with Gasteiger partial charge >= 0.3 is 0 Å². The van der Waals surface area contributed by atoms with Crippen molar-refractivity contribution in [3.63, 3.8) is 0 Å². The Morgan fingerprint density at radius 3 is 1.64 bits per heavy atom. The van der Waals surface area contributed by atoms with Gasteiger partial charge in [-0.1, -0.05) is 164 Å². The Labute approximate surface area is 349 Å². The van der Waals surface area contributed by atoms with Gasteiger partial charge in [0.25, 0.3) is 0 Å². The minimum atomic E-state index is 0.631. The number of hydrogen-bond acceptors (Lipinski definition) is 5. The molecule has 0 spiro atoms. The van der Waals surface area contributed by atoms with Gasteiger partial charge in [0.2, 0.25) is 0 Å². The molecule has 0 saturated carbocycles. The maximum Gasteiger partial charge on any atom is 0.164 e. The highest BCUT2D eigenvalue weighted by Crippen LogP contribution is 2.42. The van der Waals surface area contributed by atoms with Crippen LogP contribution in [0.5, 0.6) is 0 Å². The molecule has 0 saturated heterocycles. The van der Waals surface area contributed by atoms with Crippen molar-refractivity contribution >= 4 is 75.9 Å². The number of furan rings is 1. The van der Waals surface area contributed by atoms with Gasteiger partial charge in [0.15, 0.2) is 17.5 Å². The van der Waals surface area contributed by atoms with Crippen molar-refractivity contribution in [3.8, 4) is 56.5 Å². The first-order chi connectivity index (χ1) is 30.2. The molecular formula is C56H32N4O. The molecule has 0 aliphatic carbocycles. The fourth-order valence-electron chi connectivity index (χ4n) is 9.44. The molecule has 10 aromatic carbocycles. The Morgan fingerprint density at radius 1 is 0.295 bits per heavy atom. The van der Waals surface area contributed by atoms with Crippen molar-refractivity contribution < 1.29 is 4.42 Å². The fraction of sp³-hybridized carbons (Fsp3) is 0. The Morgan fingerprint density at radius 2 is 0.852 bits per heavy atom. The number of para-hydroxylation sites is 2. The summed E-state index contributed by atoms with van der Waals surface area (Å²) in [4.78, 5) is 20.9. The number of pyridine rings is 1. The smallest absolute Gasteiger partial charge is 0.164 e. The van der Waals surface area contributed by atoms with E-state index in [4.69, 9.17) is 24.4 Å². The van der Waals surface area contributed by atoms with Gasteiger partial charge in [-0.15, -0.1) is 0 Å². The van der Waals surface area contributed by atoms with Crippen LogP contribution in [0.2, 0.25) is 0 Å². The van der Waals surface area contributed by atoms with E-state index in [1.807, 2.05) is 42.5 Å². The second kappa shape index (κ2) is 13.1. The maximum atomic E-state index is 6.47. The largest absolute Gasteiger partial charge is 0.455 e. The quantitative estimate of drug-likeness (QED) is 0.163. The highest BCUT2D eigenvalue weighted by molar-refractivity contribution is 6.25. The van der Waals surface area contributed by atoms with E-state index in [2.05, 4.69) is 152 Å². The van der Waals surface area contributed by atoms with Gasteiger partial charge in [-0.2, -0.15) is 0 Å². The minimum Gasteiger partial charge on any atom is -0.455 e. The van der Waals surface area contributed by atoms with Crippen molar-refractivity contribution in [2.24, 2.45) is 0 Å². The van der Waals surface area contributed by atoms with E-state index < -0.39 is 0 Å². The molecule has 13 rings (SSSR count). The van der Waals surface area contributed by atoms with Crippen LogP contribution in [0.15, 0.2) is 199 Å². The van der Waals surface area contributed by atoms with Crippen LogP contribution >= 0.6 is 0 Å². The van der Waals surface area contributed by atoms with Crippen molar-refractivity contribution in [1.29, 1.82) is 0 Å². The second-order valence-electron chi connectivity index (χ2n) is 15.7. The summed E-state index contributed by atoms with van der Waals surface area (Å²) < 4.78 is 6.47. The van der Waals surface area contributed by atoms with Crippen molar-refractivity contribution in [3.05, 3.63) is 194 Å². The van der Waals surface area contributed by atoms with Crippen LogP contribution < -0.4 is 0 Å². The van der Waals surface area contributed by atoms with E-state index in [0.29, 0.717) is 17.5 Å². The molecule has 13 aromatic rings. The summed E-state index contributed by atoms with van der Waals surface area (Å²) in [6.07, 6.45) is 0. The molecule has 0 fully saturated rings. The summed E-state index contributed by atoms with van der Waals surface area (Å²) in [5.74, 6) is 1.91. The average Bonchev–Trinajstić information content (AvgIpc) is 3.73. The topological polar surface area (TPSA) is 64.7 Å². The van der Waals surface area contributed by atoms with Crippen LogP contribution in [0.25, 0.3) is 132 Å². The molecule has 3 aromatic heterocycles. The SMILES string of the molecule is c1ccc(-c2nc(-c3ccc(-c4ccc(-c5nc6ccccc6c6oc7ccccc7c56)cc4)c4ccccc34)nc(-c3ccc4ccc5cccc6ccc3c4c56)n2)cc1. The van der Waals surface area contributed by atoms with E-state index in [-0.39, 0.29) is 0 Å². The summed E-state index contributed by atoms with van der Waals surface area (Å²) in [5, 5.41) is 12.6. The van der Waals surface area contributed by atoms with Crippen LogP contribution in [0, 0.1) is 0 Å². The van der Waals surface area contributed by atoms with E-state index in [1.165, 1.54) is 26.9 Å².